The molecular formula is C12H17NO6S2. The van der Waals surface area contributed by atoms with Gasteiger partial charge in [0.25, 0.3) is 0 Å². The summed E-state index contributed by atoms with van der Waals surface area (Å²) in [5.74, 6) is -0.511. The smallest absolute Gasteiger partial charge is 0.244 e. The van der Waals surface area contributed by atoms with Crippen LogP contribution in [0.3, 0.4) is 0 Å². The van der Waals surface area contributed by atoms with Gasteiger partial charge in [0.1, 0.15) is 4.90 Å². The molecule has 0 spiro atoms. The summed E-state index contributed by atoms with van der Waals surface area (Å²) in [5.41, 5.74) is 0. The lowest BCUT2D eigenvalue weighted by Crippen LogP contribution is -2.41. The van der Waals surface area contributed by atoms with E-state index in [-0.39, 0.29) is 36.1 Å². The second-order valence-electron chi connectivity index (χ2n) is 4.51. The number of benzene rings is 1. The van der Waals surface area contributed by atoms with E-state index < -0.39 is 32.2 Å². The van der Waals surface area contributed by atoms with Gasteiger partial charge >= 0.3 is 0 Å². The largest absolute Gasteiger partial charge is 0.395 e. The van der Waals surface area contributed by atoms with Crippen LogP contribution in [0.25, 0.3) is 0 Å². The number of nitrogens with zero attached hydrogens (tertiary/aromatic N) is 1. The Kier molecular flexibility index (Phi) is 4.99. The topological polar surface area (TPSA) is 101 Å². The second kappa shape index (κ2) is 6.41. The number of hydrogen-bond acceptors (Lipinski definition) is 6. The average Bonchev–Trinajstić information content (AvgIpc) is 2.48. The van der Waals surface area contributed by atoms with Crippen molar-refractivity contribution in [2.45, 2.75) is 9.79 Å². The minimum atomic E-state index is -3.90. The molecule has 1 fully saturated rings. The summed E-state index contributed by atoms with van der Waals surface area (Å²) in [4.78, 5) is -0.522. The summed E-state index contributed by atoms with van der Waals surface area (Å²) in [6.45, 7) is 0.386. The zero-order valence-electron chi connectivity index (χ0n) is 11.3. The Labute approximate surface area is 124 Å². The lowest BCUT2D eigenvalue weighted by Gasteiger charge is -2.26. The number of hydrogen-bond donors (Lipinski definition) is 1. The van der Waals surface area contributed by atoms with E-state index in [4.69, 9.17) is 9.84 Å². The first kappa shape index (κ1) is 16.4. The monoisotopic (exact) mass is 335 g/mol. The molecule has 0 aliphatic carbocycles. The summed E-state index contributed by atoms with van der Waals surface area (Å²) in [6, 6.07) is 5.46. The SMILES string of the molecule is O=S(=O)(CCO)c1ccccc1S(=O)(=O)N1CCOCC1. The molecule has 0 atom stereocenters. The Balaban J connectivity index is 2.49. The van der Waals surface area contributed by atoms with Crippen LogP contribution >= 0.6 is 0 Å². The summed E-state index contributed by atoms with van der Waals surface area (Å²) in [5, 5.41) is 8.85. The Hall–Kier alpha value is -1.00. The molecule has 1 aromatic carbocycles. The zero-order valence-corrected chi connectivity index (χ0v) is 12.9. The first-order chi connectivity index (χ1) is 9.89. The van der Waals surface area contributed by atoms with Gasteiger partial charge in [0.2, 0.25) is 10.0 Å². The van der Waals surface area contributed by atoms with Crippen LogP contribution in [0.4, 0.5) is 0 Å². The Morgan fingerprint density at radius 2 is 1.62 bits per heavy atom. The fraction of sp³-hybridized carbons (Fsp3) is 0.500. The summed E-state index contributed by atoms with van der Waals surface area (Å²) < 4.78 is 55.8. The molecule has 0 amide bonds. The highest BCUT2D eigenvalue weighted by molar-refractivity contribution is 7.93. The maximum atomic E-state index is 12.6. The van der Waals surface area contributed by atoms with Crippen molar-refractivity contribution in [2.24, 2.45) is 0 Å². The van der Waals surface area contributed by atoms with Crippen LogP contribution < -0.4 is 0 Å². The number of ether oxygens (including phenoxy) is 1. The quantitative estimate of drug-likeness (QED) is 0.776. The van der Waals surface area contributed by atoms with E-state index in [9.17, 15) is 16.8 Å². The third-order valence-corrected chi connectivity index (χ3v) is 6.96. The van der Waals surface area contributed by atoms with Gasteiger partial charge in [-0.1, -0.05) is 12.1 Å². The molecule has 1 N–H and O–H groups in total. The summed E-state index contributed by atoms with van der Waals surface area (Å²) >= 11 is 0. The van der Waals surface area contributed by atoms with Crippen LogP contribution in [0.15, 0.2) is 34.1 Å². The van der Waals surface area contributed by atoms with Gasteiger partial charge in [-0.05, 0) is 12.1 Å². The maximum absolute atomic E-state index is 12.6. The molecule has 0 saturated carbocycles. The molecular weight excluding hydrogens is 318 g/mol. The predicted octanol–water partition coefficient (Wildman–Crippen LogP) is -0.526. The number of sulfonamides is 1. The van der Waals surface area contributed by atoms with Crippen LogP contribution in [0.2, 0.25) is 0 Å². The van der Waals surface area contributed by atoms with Crippen molar-refractivity contribution in [3.8, 4) is 0 Å². The van der Waals surface area contributed by atoms with E-state index in [2.05, 4.69) is 0 Å². The molecule has 118 valence electrons. The van der Waals surface area contributed by atoms with Gasteiger partial charge in [-0.2, -0.15) is 4.31 Å². The number of sulfone groups is 1. The summed E-state index contributed by atoms with van der Waals surface area (Å²) in [6.07, 6.45) is 0. The van der Waals surface area contributed by atoms with E-state index in [0.717, 1.165) is 0 Å². The van der Waals surface area contributed by atoms with Gasteiger partial charge in [-0.15, -0.1) is 0 Å². The molecule has 7 nitrogen and oxygen atoms in total. The molecule has 0 aromatic heterocycles. The van der Waals surface area contributed by atoms with Crippen LogP contribution in [0.1, 0.15) is 0 Å². The Bertz CT molecular complexity index is 692. The lowest BCUT2D eigenvalue weighted by atomic mass is 10.4. The number of aliphatic hydroxyl groups is 1. The molecule has 0 bridgehead atoms. The van der Waals surface area contributed by atoms with Crippen LogP contribution in [-0.2, 0) is 24.6 Å². The number of morpholine rings is 1. The summed E-state index contributed by atoms with van der Waals surface area (Å²) in [7, 11) is -7.75. The zero-order chi connectivity index (χ0) is 15.5. The fourth-order valence-corrected chi connectivity index (χ4v) is 5.37. The van der Waals surface area contributed by atoms with E-state index >= 15 is 0 Å². The van der Waals surface area contributed by atoms with Crippen LogP contribution in [-0.4, -0.2) is 64.9 Å². The van der Waals surface area contributed by atoms with E-state index in [0.29, 0.717) is 0 Å². The van der Waals surface area contributed by atoms with Gasteiger partial charge < -0.3 is 9.84 Å². The van der Waals surface area contributed by atoms with E-state index in [1.807, 2.05) is 0 Å². The van der Waals surface area contributed by atoms with Crippen molar-refractivity contribution < 1.29 is 26.7 Å². The molecule has 0 radical (unpaired) electrons. The third-order valence-electron chi connectivity index (χ3n) is 3.13. The number of aliphatic hydroxyl groups excluding tert-OH is 1. The molecule has 0 unspecified atom stereocenters. The van der Waals surface area contributed by atoms with Crippen molar-refractivity contribution >= 4 is 19.9 Å². The Morgan fingerprint density at radius 1 is 1.05 bits per heavy atom. The average molecular weight is 335 g/mol. The molecule has 9 heteroatoms. The maximum Gasteiger partial charge on any atom is 0.244 e. The first-order valence-corrected chi connectivity index (χ1v) is 9.49. The molecule has 1 saturated heterocycles. The molecule has 1 aliphatic heterocycles. The standard InChI is InChI=1S/C12H17NO6S2/c14-7-10-20(15,16)11-3-1-2-4-12(11)21(17,18)13-5-8-19-9-6-13/h1-4,14H,5-10H2. The first-order valence-electron chi connectivity index (χ1n) is 6.40. The highest BCUT2D eigenvalue weighted by atomic mass is 32.2. The number of rotatable bonds is 5. The normalized spacial score (nSPS) is 17.8. The molecule has 21 heavy (non-hydrogen) atoms. The second-order valence-corrected chi connectivity index (χ2v) is 8.49. The highest BCUT2D eigenvalue weighted by Crippen LogP contribution is 2.25. The van der Waals surface area contributed by atoms with Crippen molar-refractivity contribution in [1.29, 1.82) is 0 Å². The van der Waals surface area contributed by atoms with Crippen LogP contribution in [0.5, 0.6) is 0 Å². The molecule has 1 heterocycles. The minimum Gasteiger partial charge on any atom is -0.395 e. The van der Waals surface area contributed by atoms with E-state index in [1.165, 1.54) is 28.6 Å². The highest BCUT2D eigenvalue weighted by Gasteiger charge is 2.31. The van der Waals surface area contributed by atoms with Gasteiger partial charge in [0.15, 0.2) is 9.84 Å². The lowest BCUT2D eigenvalue weighted by molar-refractivity contribution is 0.0729. The molecule has 2 rings (SSSR count). The Morgan fingerprint density at radius 3 is 2.19 bits per heavy atom. The fourth-order valence-electron chi connectivity index (χ4n) is 2.08. The van der Waals surface area contributed by atoms with Gasteiger partial charge in [0.05, 0.1) is 30.5 Å². The minimum absolute atomic E-state index is 0.191. The van der Waals surface area contributed by atoms with Crippen molar-refractivity contribution in [3.63, 3.8) is 0 Å². The van der Waals surface area contributed by atoms with Crippen molar-refractivity contribution in [1.82, 2.24) is 4.31 Å². The van der Waals surface area contributed by atoms with Crippen molar-refractivity contribution in [3.05, 3.63) is 24.3 Å². The molecule has 1 aliphatic rings. The van der Waals surface area contributed by atoms with Crippen LogP contribution in [0, 0.1) is 0 Å². The van der Waals surface area contributed by atoms with Gasteiger partial charge in [-0.25, -0.2) is 16.8 Å². The predicted molar refractivity (Wildman–Crippen MR) is 75.2 cm³/mol. The molecule has 1 aromatic rings. The van der Waals surface area contributed by atoms with Gasteiger partial charge in [0, 0.05) is 13.1 Å². The van der Waals surface area contributed by atoms with E-state index in [1.54, 1.807) is 0 Å². The van der Waals surface area contributed by atoms with Gasteiger partial charge in [-0.3, -0.25) is 0 Å². The third kappa shape index (κ3) is 3.43. The van der Waals surface area contributed by atoms with Crippen molar-refractivity contribution in [2.75, 3.05) is 38.7 Å².